The molecule has 2 N–H and O–H groups in total. The summed E-state index contributed by atoms with van der Waals surface area (Å²) in [6.07, 6.45) is 0. The standard InChI is InChI=1S/C16H19NO2S2/c1-2-19-13-8-9-15(17)16(12-13)21(18)11-10-20-14-6-4-3-5-7-14/h3-9,12H,2,10-11,17H2,1H3. The molecule has 0 heterocycles. The Labute approximate surface area is 132 Å². The van der Waals surface area contributed by atoms with Crippen molar-refractivity contribution in [3.8, 4) is 5.75 Å². The lowest BCUT2D eigenvalue weighted by Gasteiger charge is -2.09. The number of anilines is 1. The van der Waals surface area contributed by atoms with Gasteiger partial charge in [-0.3, -0.25) is 4.21 Å². The van der Waals surface area contributed by atoms with Crippen LogP contribution in [0.15, 0.2) is 58.3 Å². The van der Waals surface area contributed by atoms with Gasteiger partial charge in [-0.05, 0) is 37.3 Å². The average Bonchev–Trinajstić information content (AvgIpc) is 2.50. The van der Waals surface area contributed by atoms with Gasteiger partial charge in [0.15, 0.2) is 0 Å². The van der Waals surface area contributed by atoms with Gasteiger partial charge in [0.25, 0.3) is 0 Å². The number of benzene rings is 2. The van der Waals surface area contributed by atoms with E-state index in [1.165, 1.54) is 4.90 Å². The van der Waals surface area contributed by atoms with E-state index in [4.69, 9.17) is 10.5 Å². The van der Waals surface area contributed by atoms with Crippen molar-refractivity contribution >= 4 is 28.2 Å². The lowest BCUT2D eigenvalue weighted by atomic mass is 10.3. The van der Waals surface area contributed by atoms with Gasteiger partial charge < -0.3 is 10.5 Å². The van der Waals surface area contributed by atoms with Gasteiger partial charge in [0.2, 0.25) is 0 Å². The summed E-state index contributed by atoms with van der Waals surface area (Å²) in [6.45, 7) is 2.50. The minimum atomic E-state index is -1.11. The molecule has 21 heavy (non-hydrogen) atoms. The molecule has 0 saturated carbocycles. The highest BCUT2D eigenvalue weighted by atomic mass is 32.2. The summed E-state index contributed by atoms with van der Waals surface area (Å²) < 4.78 is 17.8. The molecule has 2 aromatic carbocycles. The van der Waals surface area contributed by atoms with Crippen LogP contribution in [0.2, 0.25) is 0 Å². The van der Waals surface area contributed by atoms with E-state index in [0.717, 1.165) is 5.75 Å². The fourth-order valence-corrected chi connectivity index (χ4v) is 4.15. The number of ether oxygens (including phenoxy) is 1. The van der Waals surface area contributed by atoms with Crippen LogP contribution in [0.25, 0.3) is 0 Å². The summed E-state index contributed by atoms with van der Waals surface area (Å²) in [5.41, 5.74) is 6.47. The Kier molecular flexibility index (Phi) is 6.14. The van der Waals surface area contributed by atoms with E-state index in [0.29, 0.717) is 28.7 Å². The Morgan fingerprint density at radius 3 is 2.67 bits per heavy atom. The third-order valence-corrected chi connectivity index (χ3v) is 5.51. The second-order valence-corrected chi connectivity index (χ2v) is 7.05. The zero-order valence-corrected chi connectivity index (χ0v) is 13.6. The zero-order valence-electron chi connectivity index (χ0n) is 12.0. The SMILES string of the molecule is CCOc1ccc(N)c(S(=O)CCSc2ccccc2)c1. The van der Waals surface area contributed by atoms with Crippen LogP contribution in [-0.2, 0) is 10.8 Å². The van der Waals surface area contributed by atoms with Gasteiger partial charge in [0, 0.05) is 22.1 Å². The van der Waals surface area contributed by atoms with Crippen LogP contribution in [-0.4, -0.2) is 22.3 Å². The van der Waals surface area contributed by atoms with E-state index in [9.17, 15) is 4.21 Å². The van der Waals surface area contributed by atoms with Crippen molar-refractivity contribution in [2.75, 3.05) is 23.8 Å². The van der Waals surface area contributed by atoms with Gasteiger partial charge in [-0.2, -0.15) is 0 Å². The first kappa shape index (κ1) is 15.9. The predicted molar refractivity (Wildman–Crippen MR) is 90.5 cm³/mol. The van der Waals surface area contributed by atoms with Crippen molar-refractivity contribution in [1.82, 2.24) is 0 Å². The van der Waals surface area contributed by atoms with Gasteiger partial charge in [-0.25, -0.2) is 0 Å². The molecule has 0 spiro atoms. The third-order valence-electron chi connectivity index (χ3n) is 2.82. The third kappa shape index (κ3) is 4.79. The van der Waals surface area contributed by atoms with Crippen LogP contribution < -0.4 is 10.5 Å². The molecule has 0 saturated heterocycles. The maximum absolute atomic E-state index is 12.4. The number of nitrogens with two attached hydrogens (primary N) is 1. The molecule has 0 aliphatic rings. The van der Waals surface area contributed by atoms with Crippen molar-refractivity contribution in [2.24, 2.45) is 0 Å². The Morgan fingerprint density at radius 2 is 1.95 bits per heavy atom. The summed E-state index contributed by atoms with van der Waals surface area (Å²) in [6, 6.07) is 15.4. The summed E-state index contributed by atoms with van der Waals surface area (Å²) >= 11 is 1.70. The Balaban J connectivity index is 1.95. The lowest BCUT2D eigenvalue weighted by molar-refractivity contribution is 0.339. The van der Waals surface area contributed by atoms with E-state index in [2.05, 4.69) is 12.1 Å². The number of rotatable bonds is 7. The quantitative estimate of drug-likeness (QED) is 0.626. The van der Waals surface area contributed by atoms with Crippen molar-refractivity contribution < 1.29 is 8.95 Å². The molecule has 2 rings (SSSR count). The zero-order chi connectivity index (χ0) is 15.1. The van der Waals surface area contributed by atoms with Crippen LogP contribution in [0.3, 0.4) is 0 Å². The summed E-state index contributed by atoms with van der Waals surface area (Å²) in [5, 5.41) is 0. The smallest absolute Gasteiger partial charge is 0.120 e. The maximum atomic E-state index is 12.4. The van der Waals surface area contributed by atoms with Crippen LogP contribution in [0.5, 0.6) is 5.75 Å². The molecule has 0 aliphatic heterocycles. The number of nitrogen functional groups attached to an aromatic ring is 1. The fraction of sp³-hybridized carbons (Fsp3) is 0.250. The first-order valence-electron chi connectivity index (χ1n) is 6.79. The van der Waals surface area contributed by atoms with Crippen LogP contribution >= 0.6 is 11.8 Å². The van der Waals surface area contributed by atoms with Crippen molar-refractivity contribution in [3.05, 3.63) is 48.5 Å². The monoisotopic (exact) mass is 321 g/mol. The average molecular weight is 321 g/mol. The van der Waals surface area contributed by atoms with Gasteiger partial charge in [0.1, 0.15) is 5.75 Å². The topological polar surface area (TPSA) is 52.3 Å². The van der Waals surface area contributed by atoms with E-state index < -0.39 is 10.8 Å². The first-order chi connectivity index (χ1) is 10.2. The van der Waals surface area contributed by atoms with Gasteiger partial charge >= 0.3 is 0 Å². The molecule has 0 aromatic heterocycles. The van der Waals surface area contributed by atoms with Crippen molar-refractivity contribution in [3.63, 3.8) is 0 Å². The molecule has 0 fully saturated rings. The van der Waals surface area contributed by atoms with Gasteiger partial charge in [0.05, 0.1) is 22.3 Å². The van der Waals surface area contributed by atoms with Gasteiger partial charge in [-0.1, -0.05) is 18.2 Å². The van der Waals surface area contributed by atoms with Crippen LogP contribution in [0, 0.1) is 0 Å². The highest BCUT2D eigenvalue weighted by Crippen LogP contribution is 2.24. The highest BCUT2D eigenvalue weighted by Gasteiger charge is 2.10. The molecule has 0 bridgehead atoms. The van der Waals surface area contributed by atoms with E-state index in [1.807, 2.05) is 25.1 Å². The molecular weight excluding hydrogens is 302 g/mol. The molecule has 0 radical (unpaired) electrons. The Hall–Kier alpha value is -1.46. The molecule has 0 aliphatic carbocycles. The molecule has 1 atom stereocenters. The van der Waals surface area contributed by atoms with Crippen molar-refractivity contribution in [1.29, 1.82) is 0 Å². The van der Waals surface area contributed by atoms with Crippen LogP contribution in [0.4, 0.5) is 5.69 Å². The largest absolute Gasteiger partial charge is 0.494 e. The molecule has 112 valence electrons. The minimum Gasteiger partial charge on any atom is -0.494 e. The van der Waals surface area contributed by atoms with E-state index >= 15 is 0 Å². The summed E-state index contributed by atoms with van der Waals surface area (Å²) in [5.74, 6) is 2.07. The molecule has 5 heteroatoms. The predicted octanol–water partition coefficient (Wildman–Crippen LogP) is 3.57. The summed E-state index contributed by atoms with van der Waals surface area (Å²) in [4.78, 5) is 1.85. The minimum absolute atomic E-state index is 0.557. The Morgan fingerprint density at radius 1 is 1.19 bits per heavy atom. The summed E-state index contributed by atoms with van der Waals surface area (Å²) in [7, 11) is -1.11. The number of hydrogen-bond donors (Lipinski definition) is 1. The Bertz CT molecular complexity index is 602. The highest BCUT2D eigenvalue weighted by molar-refractivity contribution is 8.00. The first-order valence-corrected chi connectivity index (χ1v) is 9.09. The molecular formula is C16H19NO2S2. The van der Waals surface area contributed by atoms with Gasteiger partial charge in [-0.15, -0.1) is 11.8 Å². The number of hydrogen-bond acceptors (Lipinski definition) is 4. The normalized spacial score (nSPS) is 12.0. The maximum Gasteiger partial charge on any atom is 0.120 e. The van der Waals surface area contributed by atoms with Crippen molar-refractivity contribution in [2.45, 2.75) is 16.7 Å². The molecule has 1 unspecified atom stereocenters. The number of thioether (sulfide) groups is 1. The van der Waals surface area contributed by atoms with Crippen LogP contribution in [0.1, 0.15) is 6.92 Å². The second-order valence-electron chi connectivity index (χ2n) is 4.34. The molecule has 3 nitrogen and oxygen atoms in total. The van der Waals surface area contributed by atoms with E-state index in [1.54, 1.807) is 30.0 Å². The fourth-order valence-electron chi connectivity index (χ4n) is 1.83. The molecule has 0 amide bonds. The molecule has 2 aromatic rings. The van der Waals surface area contributed by atoms with E-state index in [-0.39, 0.29) is 0 Å². The lowest BCUT2D eigenvalue weighted by Crippen LogP contribution is -2.05. The second kappa shape index (κ2) is 8.10.